The topological polar surface area (TPSA) is 24.6 Å². The lowest BCUT2D eigenvalue weighted by molar-refractivity contribution is 0.669. The molecule has 11 rings (SSSR count). The molecule has 0 amide bonds. The van der Waals surface area contributed by atoms with Gasteiger partial charge in [0.25, 0.3) is 0 Å². The maximum atomic E-state index is 6.38. The van der Waals surface area contributed by atoms with Crippen molar-refractivity contribution in [1.82, 2.24) is 4.57 Å². The van der Waals surface area contributed by atoms with E-state index >= 15 is 0 Å². The van der Waals surface area contributed by atoms with Gasteiger partial charge in [0.05, 0.1) is 11.0 Å². The van der Waals surface area contributed by atoms with Gasteiger partial charge >= 0.3 is 0 Å². The Labute approximate surface area is 324 Å². The average Bonchev–Trinajstić information content (AvgIpc) is 3.79. The van der Waals surface area contributed by atoms with Crippen LogP contribution in [0.15, 0.2) is 217 Å². The van der Waals surface area contributed by atoms with Crippen LogP contribution in [0.3, 0.4) is 0 Å². The molecule has 4 heteroatoms. The fourth-order valence-corrected chi connectivity index (χ4v) is 8.34. The molecule has 9 aromatic carbocycles. The molecule has 4 nitrogen and oxygen atoms in total. The first kappa shape index (κ1) is 31.9. The molecular formula is C52H35N3O. The highest BCUT2D eigenvalue weighted by molar-refractivity contribution is 6.12. The second-order valence-electron chi connectivity index (χ2n) is 14.2. The summed E-state index contributed by atoms with van der Waals surface area (Å²) in [4.78, 5) is 4.66. The summed E-state index contributed by atoms with van der Waals surface area (Å²) >= 11 is 0. The minimum atomic E-state index is 0.879. The van der Waals surface area contributed by atoms with Gasteiger partial charge in [-0.15, -0.1) is 0 Å². The highest BCUT2D eigenvalue weighted by Gasteiger charge is 2.20. The van der Waals surface area contributed by atoms with Gasteiger partial charge in [-0.2, -0.15) is 0 Å². The minimum absolute atomic E-state index is 0.879. The third-order valence-corrected chi connectivity index (χ3v) is 10.9. The molecule has 0 aliphatic carbocycles. The molecule has 2 heterocycles. The number of benzene rings is 9. The molecular weight excluding hydrogens is 683 g/mol. The Morgan fingerprint density at radius 1 is 0.304 bits per heavy atom. The van der Waals surface area contributed by atoms with E-state index in [1.807, 2.05) is 0 Å². The first-order chi connectivity index (χ1) is 27.8. The fourth-order valence-electron chi connectivity index (χ4n) is 8.34. The summed E-state index contributed by atoms with van der Waals surface area (Å²) in [6.45, 7) is 0. The van der Waals surface area contributed by atoms with Gasteiger partial charge in [0.15, 0.2) is 0 Å². The summed E-state index contributed by atoms with van der Waals surface area (Å²) in [5, 5.41) is 7.06. The van der Waals surface area contributed by atoms with E-state index in [0.29, 0.717) is 0 Å². The number of fused-ring (bicyclic) bond motifs is 7. The summed E-state index contributed by atoms with van der Waals surface area (Å²) in [7, 11) is 0. The van der Waals surface area contributed by atoms with Crippen molar-refractivity contribution in [3.8, 4) is 5.69 Å². The standard InChI is InChI=1S/C52H35N3O/c1-4-16-38(17-5-1)53(43-29-31-51-48(34-43)47-32-36-14-10-11-15-37(36)33-52(47)56-51)41-24-26-42(27-25-41)54(39-18-6-2-7-19-39)44-28-30-46-45-22-12-13-23-49(45)55(50(46)35-44)40-20-8-3-9-21-40/h1-35H. The molecule has 56 heavy (non-hydrogen) atoms. The summed E-state index contributed by atoms with van der Waals surface area (Å²) in [6.07, 6.45) is 0. The van der Waals surface area contributed by atoms with Gasteiger partial charge in [0.2, 0.25) is 0 Å². The molecule has 0 bridgehead atoms. The summed E-state index contributed by atoms with van der Waals surface area (Å²) in [5.41, 5.74) is 11.7. The first-order valence-electron chi connectivity index (χ1n) is 19.0. The van der Waals surface area contributed by atoms with E-state index in [0.717, 1.165) is 67.3 Å². The van der Waals surface area contributed by atoms with Crippen LogP contribution in [0.5, 0.6) is 0 Å². The Balaban J connectivity index is 1.04. The lowest BCUT2D eigenvalue weighted by Crippen LogP contribution is -2.12. The Kier molecular flexibility index (Phi) is 7.46. The molecule has 0 N–H and O–H groups in total. The quantitative estimate of drug-likeness (QED) is 0.164. The molecule has 0 saturated heterocycles. The highest BCUT2D eigenvalue weighted by atomic mass is 16.3. The minimum Gasteiger partial charge on any atom is -0.456 e. The van der Waals surface area contributed by atoms with Crippen molar-refractivity contribution >= 4 is 88.6 Å². The third-order valence-electron chi connectivity index (χ3n) is 10.9. The van der Waals surface area contributed by atoms with E-state index in [2.05, 4.69) is 227 Å². The van der Waals surface area contributed by atoms with Crippen molar-refractivity contribution in [1.29, 1.82) is 0 Å². The maximum Gasteiger partial charge on any atom is 0.136 e. The zero-order chi connectivity index (χ0) is 37.0. The SMILES string of the molecule is c1ccc(N(c2ccc(N(c3ccccc3)c3ccc4c5ccccc5n(-c5ccccc5)c4c3)cc2)c2ccc3oc4cc5ccccc5cc4c3c2)cc1. The van der Waals surface area contributed by atoms with Crippen LogP contribution in [-0.2, 0) is 0 Å². The summed E-state index contributed by atoms with van der Waals surface area (Å²) in [5.74, 6) is 0. The number of hydrogen-bond acceptors (Lipinski definition) is 3. The molecule has 2 aromatic heterocycles. The molecule has 0 aliphatic heterocycles. The van der Waals surface area contributed by atoms with Gasteiger partial charge in [-0.25, -0.2) is 0 Å². The van der Waals surface area contributed by atoms with Crippen molar-refractivity contribution in [2.75, 3.05) is 9.80 Å². The number of para-hydroxylation sites is 4. The Morgan fingerprint density at radius 3 is 1.46 bits per heavy atom. The predicted molar refractivity (Wildman–Crippen MR) is 235 cm³/mol. The molecule has 0 spiro atoms. The zero-order valence-electron chi connectivity index (χ0n) is 30.5. The Hall–Kier alpha value is -7.56. The third kappa shape index (κ3) is 5.31. The van der Waals surface area contributed by atoms with Crippen molar-refractivity contribution < 1.29 is 4.42 Å². The Bertz CT molecular complexity index is 3180. The number of aromatic nitrogens is 1. The van der Waals surface area contributed by atoms with E-state index in [9.17, 15) is 0 Å². The molecule has 11 aromatic rings. The average molecular weight is 718 g/mol. The molecule has 264 valence electrons. The van der Waals surface area contributed by atoms with E-state index in [1.54, 1.807) is 0 Å². The zero-order valence-corrected chi connectivity index (χ0v) is 30.5. The van der Waals surface area contributed by atoms with E-state index in [4.69, 9.17) is 4.42 Å². The lowest BCUT2D eigenvalue weighted by Gasteiger charge is -2.28. The summed E-state index contributed by atoms with van der Waals surface area (Å²) < 4.78 is 8.76. The fraction of sp³-hybridized carbons (Fsp3) is 0. The second kappa shape index (κ2) is 13.1. The molecule has 0 saturated carbocycles. The van der Waals surface area contributed by atoms with E-state index in [1.165, 1.54) is 27.1 Å². The van der Waals surface area contributed by atoms with Crippen molar-refractivity contribution in [3.05, 3.63) is 212 Å². The van der Waals surface area contributed by atoms with Gasteiger partial charge < -0.3 is 18.8 Å². The van der Waals surface area contributed by atoms with Crippen molar-refractivity contribution in [2.24, 2.45) is 0 Å². The first-order valence-corrected chi connectivity index (χ1v) is 19.0. The predicted octanol–water partition coefficient (Wildman–Crippen LogP) is 14.8. The maximum absolute atomic E-state index is 6.38. The molecule has 0 atom stereocenters. The number of furan rings is 1. The van der Waals surface area contributed by atoms with E-state index in [-0.39, 0.29) is 0 Å². The van der Waals surface area contributed by atoms with Gasteiger partial charge in [-0.3, -0.25) is 0 Å². The van der Waals surface area contributed by atoms with Crippen LogP contribution in [-0.4, -0.2) is 4.57 Å². The van der Waals surface area contributed by atoms with Crippen LogP contribution in [0.25, 0.3) is 60.2 Å². The smallest absolute Gasteiger partial charge is 0.136 e. The van der Waals surface area contributed by atoms with Crippen LogP contribution < -0.4 is 9.80 Å². The second-order valence-corrected chi connectivity index (χ2v) is 14.2. The highest BCUT2D eigenvalue weighted by Crippen LogP contribution is 2.43. The Morgan fingerprint density at radius 2 is 0.786 bits per heavy atom. The number of anilines is 6. The lowest BCUT2D eigenvalue weighted by atomic mass is 10.1. The molecule has 0 radical (unpaired) electrons. The normalized spacial score (nSPS) is 11.6. The van der Waals surface area contributed by atoms with Crippen LogP contribution in [0.1, 0.15) is 0 Å². The molecule has 0 fully saturated rings. The van der Waals surface area contributed by atoms with Crippen LogP contribution >= 0.6 is 0 Å². The molecule has 0 unspecified atom stereocenters. The number of hydrogen-bond donors (Lipinski definition) is 0. The monoisotopic (exact) mass is 717 g/mol. The van der Waals surface area contributed by atoms with Gasteiger partial charge in [0.1, 0.15) is 11.2 Å². The largest absolute Gasteiger partial charge is 0.456 e. The van der Waals surface area contributed by atoms with Gasteiger partial charge in [0, 0.05) is 61.4 Å². The van der Waals surface area contributed by atoms with Crippen LogP contribution in [0.2, 0.25) is 0 Å². The number of rotatable bonds is 7. The molecule has 0 aliphatic rings. The van der Waals surface area contributed by atoms with Gasteiger partial charge in [-0.1, -0.05) is 103 Å². The van der Waals surface area contributed by atoms with Crippen LogP contribution in [0, 0.1) is 0 Å². The van der Waals surface area contributed by atoms with E-state index < -0.39 is 0 Å². The number of nitrogens with zero attached hydrogens (tertiary/aromatic N) is 3. The van der Waals surface area contributed by atoms with Gasteiger partial charge in [-0.05, 0) is 120 Å². The summed E-state index contributed by atoms with van der Waals surface area (Å²) in [6, 6.07) is 75.6. The van der Waals surface area contributed by atoms with Crippen LogP contribution in [0.4, 0.5) is 34.1 Å². The van der Waals surface area contributed by atoms with Crippen molar-refractivity contribution in [2.45, 2.75) is 0 Å². The van der Waals surface area contributed by atoms with Crippen molar-refractivity contribution in [3.63, 3.8) is 0 Å².